The number of nitriles is 1. The Morgan fingerprint density at radius 3 is 2.71 bits per heavy atom. The Kier molecular flexibility index (Phi) is 5.42. The Labute approximate surface area is 142 Å². The molecule has 2 aliphatic rings. The molecule has 24 heavy (non-hydrogen) atoms. The van der Waals surface area contributed by atoms with Crippen LogP contribution in [0.1, 0.15) is 32.1 Å². The number of anilines is 1. The molecule has 0 bridgehead atoms. The van der Waals surface area contributed by atoms with Gasteiger partial charge in [0.2, 0.25) is 0 Å². The van der Waals surface area contributed by atoms with Gasteiger partial charge in [-0.15, -0.1) is 0 Å². The fourth-order valence-corrected chi connectivity index (χ4v) is 3.13. The molecular weight excluding hydrogens is 304 g/mol. The van der Waals surface area contributed by atoms with Crippen LogP contribution >= 0.6 is 0 Å². The molecule has 1 saturated carbocycles. The van der Waals surface area contributed by atoms with Crippen molar-refractivity contribution in [2.75, 3.05) is 25.1 Å². The minimum atomic E-state index is 0.225. The van der Waals surface area contributed by atoms with Gasteiger partial charge in [-0.1, -0.05) is 0 Å². The molecule has 0 radical (unpaired) electrons. The van der Waals surface area contributed by atoms with Gasteiger partial charge in [0, 0.05) is 30.6 Å². The lowest BCUT2D eigenvalue weighted by atomic mass is 9.83. The van der Waals surface area contributed by atoms with Crippen molar-refractivity contribution in [3.05, 3.63) is 18.2 Å². The molecule has 0 spiro atoms. The number of nitrogens with two attached hydrogens (primary N) is 1. The summed E-state index contributed by atoms with van der Waals surface area (Å²) in [4.78, 5) is 4.45. The zero-order chi connectivity index (χ0) is 16.8. The van der Waals surface area contributed by atoms with Crippen LogP contribution in [0.2, 0.25) is 0 Å². The molecule has 0 saturated heterocycles. The zero-order valence-corrected chi connectivity index (χ0v) is 13.8. The van der Waals surface area contributed by atoms with E-state index >= 15 is 0 Å². The molecule has 128 valence electrons. The third-order valence-electron chi connectivity index (χ3n) is 4.57. The predicted molar refractivity (Wildman–Crippen MR) is 93.2 cm³/mol. The monoisotopic (exact) mass is 328 g/mol. The highest BCUT2D eigenvalue weighted by molar-refractivity contribution is 5.92. The van der Waals surface area contributed by atoms with Gasteiger partial charge < -0.3 is 20.5 Å². The Balaban J connectivity index is 1.54. The summed E-state index contributed by atoms with van der Waals surface area (Å²) in [5.74, 6) is 2.66. The molecule has 1 heterocycles. The lowest BCUT2D eigenvalue weighted by Crippen LogP contribution is -2.24. The van der Waals surface area contributed by atoms with E-state index in [-0.39, 0.29) is 5.92 Å². The average Bonchev–Trinajstić information content (AvgIpc) is 2.85. The summed E-state index contributed by atoms with van der Waals surface area (Å²) in [6, 6.07) is 8.05. The van der Waals surface area contributed by atoms with Crippen molar-refractivity contribution in [2.45, 2.75) is 32.1 Å². The smallest absolute Gasteiger partial charge is 0.193 e. The van der Waals surface area contributed by atoms with Crippen molar-refractivity contribution in [3.63, 3.8) is 0 Å². The molecule has 0 unspecified atom stereocenters. The third kappa shape index (κ3) is 4.31. The van der Waals surface area contributed by atoms with Gasteiger partial charge in [-0.05, 0) is 43.7 Å². The van der Waals surface area contributed by atoms with E-state index in [1.54, 1.807) is 0 Å². The van der Waals surface area contributed by atoms with Crippen LogP contribution in [0.15, 0.2) is 23.2 Å². The predicted octanol–water partition coefficient (Wildman–Crippen LogP) is 2.90. The molecule has 0 aromatic heterocycles. The Hall–Kier alpha value is -2.42. The summed E-state index contributed by atoms with van der Waals surface area (Å²) in [6.45, 7) is 2.05. The molecular formula is C18H24N4O2. The van der Waals surface area contributed by atoms with E-state index in [1.165, 1.54) is 0 Å². The second kappa shape index (κ2) is 7.91. The normalized spacial score (nSPS) is 23.9. The second-order valence-corrected chi connectivity index (χ2v) is 6.41. The summed E-state index contributed by atoms with van der Waals surface area (Å²) in [7, 11) is 0. The van der Waals surface area contributed by atoms with Gasteiger partial charge in [0.05, 0.1) is 19.3 Å². The number of rotatable bonds is 3. The summed E-state index contributed by atoms with van der Waals surface area (Å²) in [6.07, 6.45) is 4.95. The minimum absolute atomic E-state index is 0.225. The third-order valence-corrected chi connectivity index (χ3v) is 4.57. The highest BCUT2D eigenvalue weighted by Crippen LogP contribution is 2.32. The zero-order valence-electron chi connectivity index (χ0n) is 13.8. The number of ether oxygens (including phenoxy) is 2. The van der Waals surface area contributed by atoms with Gasteiger partial charge in [-0.25, -0.2) is 0 Å². The molecule has 0 atom stereocenters. The van der Waals surface area contributed by atoms with Gasteiger partial charge in [0.1, 0.15) is 0 Å². The lowest BCUT2D eigenvalue weighted by molar-refractivity contribution is 0.297. The first-order valence-electron chi connectivity index (χ1n) is 8.61. The van der Waals surface area contributed by atoms with Crippen molar-refractivity contribution >= 4 is 11.6 Å². The largest absolute Gasteiger partial charge is 0.490 e. The highest BCUT2D eigenvalue weighted by Gasteiger charge is 2.20. The SMILES string of the molecule is N#CC1CCC(CN=C(N)Nc2ccc3c(c2)OCCCO3)CC1. The van der Waals surface area contributed by atoms with Crippen molar-refractivity contribution < 1.29 is 9.47 Å². The first-order valence-corrected chi connectivity index (χ1v) is 8.61. The van der Waals surface area contributed by atoms with E-state index in [9.17, 15) is 0 Å². The summed E-state index contributed by atoms with van der Waals surface area (Å²) in [5, 5.41) is 12.0. The molecule has 0 amide bonds. The molecule has 1 aliphatic heterocycles. The number of hydrogen-bond acceptors (Lipinski definition) is 4. The van der Waals surface area contributed by atoms with Crippen molar-refractivity contribution in [2.24, 2.45) is 22.6 Å². The molecule has 1 fully saturated rings. The van der Waals surface area contributed by atoms with Crippen molar-refractivity contribution in [1.82, 2.24) is 0 Å². The van der Waals surface area contributed by atoms with Crippen LogP contribution in [0.5, 0.6) is 11.5 Å². The van der Waals surface area contributed by atoms with Crippen LogP contribution < -0.4 is 20.5 Å². The Morgan fingerprint density at radius 1 is 1.21 bits per heavy atom. The number of benzene rings is 1. The van der Waals surface area contributed by atoms with Crippen molar-refractivity contribution in [1.29, 1.82) is 5.26 Å². The fourth-order valence-electron chi connectivity index (χ4n) is 3.13. The molecule has 6 heteroatoms. The quantitative estimate of drug-likeness (QED) is 0.657. The number of fused-ring (bicyclic) bond motifs is 1. The van der Waals surface area contributed by atoms with Gasteiger partial charge in [-0.2, -0.15) is 5.26 Å². The topological polar surface area (TPSA) is 92.7 Å². The summed E-state index contributed by atoms with van der Waals surface area (Å²) in [5.41, 5.74) is 6.84. The molecule has 1 aliphatic carbocycles. The first kappa shape index (κ1) is 16.4. The highest BCUT2D eigenvalue weighted by atomic mass is 16.5. The standard InChI is InChI=1S/C18H24N4O2/c19-11-13-2-4-14(5-3-13)12-21-18(20)22-15-6-7-16-17(10-15)24-9-1-8-23-16/h6-7,10,13-14H,1-5,8-9,12H2,(H3,20,21,22). The summed E-state index contributed by atoms with van der Waals surface area (Å²) >= 11 is 0. The first-order chi connectivity index (χ1) is 11.7. The Bertz CT molecular complexity index is 630. The molecule has 1 aromatic carbocycles. The van der Waals surface area contributed by atoms with Crippen molar-refractivity contribution in [3.8, 4) is 17.6 Å². The van der Waals surface area contributed by atoms with E-state index in [0.717, 1.165) is 49.3 Å². The number of aliphatic imine (C=N–C) groups is 1. The maximum atomic E-state index is 8.93. The van der Waals surface area contributed by atoms with E-state index in [4.69, 9.17) is 20.5 Å². The molecule has 3 rings (SSSR count). The molecule has 6 nitrogen and oxygen atoms in total. The molecule has 1 aromatic rings. The minimum Gasteiger partial charge on any atom is -0.490 e. The maximum Gasteiger partial charge on any atom is 0.193 e. The van der Waals surface area contributed by atoms with Crippen LogP contribution in [-0.2, 0) is 0 Å². The van der Waals surface area contributed by atoms with Crippen LogP contribution in [0.25, 0.3) is 0 Å². The fraction of sp³-hybridized carbons (Fsp3) is 0.556. The Morgan fingerprint density at radius 2 is 1.96 bits per heavy atom. The number of nitrogens with zero attached hydrogens (tertiary/aromatic N) is 2. The van der Waals surface area contributed by atoms with Gasteiger partial charge >= 0.3 is 0 Å². The van der Waals surface area contributed by atoms with E-state index in [1.807, 2.05) is 18.2 Å². The van der Waals surface area contributed by atoms with Crippen LogP contribution in [0, 0.1) is 23.2 Å². The van der Waals surface area contributed by atoms with E-state index in [0.29, 0.717) is 31.6 Å². The van der Waals surface area contributed by atoms with E-state index < -0.39 is 0 Å². The number of hydrogen-bond donors (Lipinski definition) is 2. The average molecular weight is 328 g/mol. The summed E-state index contributed by atoms with van der Waals surface area (Å²) < 4.78 is 11.3. The second-order valence-electron chi connectivity index (χ2n) is 6.41. The van der Waals surface area contributed by atoms with Gasteiger partial charge in [0.15, 0.2) is 17.5 Å². The van der Waals surface area contributed by atoms with E-state index in [2.05, 4.69) is 16.4 Å². The lowest BCUT2D eigenvalue weighted by Gasteiger charge is -2.23. The number of guanidine groups is 1. The van der Waals surface area contributed by atoms with Gasteiger partial charge in [0.25, 0.3) is 0 Å². The van der Waals surface area contributed by atoms with Crippen LogP contribution in [-0.4, -0.2) is 25.7 Å². The maximum absolute atomic E-state index is 8.93. The van der Waals surface area contributed by atoms with Crippen LogP contribution in [0.3, 0.4) is 0 Å². The number of nitrogens with one attached hydrogen (secondary N) is 1. The van der Waals surface area contributed by atoms with Crippen LogP contribution in [0.4, 0.5) is 5.69 Å². The molecule has 3 N–H and O–H groups in total. The van der Waals surface area contributed by atoms with Gasteiger partial charge in [-0.3, -0.25) is 4.99 Å².